The second-order valence-electron chi connectivity index (χ2n) is 3.44. The molecule has 98 valence electrons. The van der Waals surface area contributed by atoms with Gasteiger partial charge in [-0.15, -0.1) is 0 Å². The van der Waals surface area contributed by atoms with Gasteiger partial charge >= 0.3 is 6.03 Å². The van der Waals surface area contributed by atoms with Crippen molar-refractivity contribution < 1.29 is 14.3 Å². The van der Waals surface area contributed by atoms with E-state index in [4.69, 9.17) is 22.1 Å². The van der Waals surface area contributed by atoms with E-state index in [2.05, 4.69) is 5.32 Å². The lowest BCUT2D eigenvalue weighted by atomic mass is 10.2. The Kier molecular flexibility index (Phi) is 5.41. The lowest BCUT2D eigenvalue weighted by molar-refractivity contribution is -0.119. The van der Waals surface area contributed by atoms with Crippen LogP contribution in [0.25, 0.3) is 0 Å². The average molecular weight is 272 g/mol. The van der Waals surface area contributed by atoms with E-state index >= 15 is 0 Å². The number of imide groups is 1. The molecule has 0 aliphatic carbocycles. The maximum Gasteiger partial charge on any atom is 0.318 e. The molecule has 0 heterocycles. The standard InChI is InChI=1S/C11H14ClN3O3/c1-18-9-4-2-3-8(12)7(9)5-14-6-10(16)15-11(13)17/h2-4,14H,5-6H2,1H3,(H3,13,15,16,17). The maximum atomic E-state index is 11.1. The smallest absolute Gasteiger partial charge is 0.318 e. The fraction of sp³-hybridized carbons (Fsp3) is 0.273. The van der Waals surface area contributed by atoms with Crippen LogP contribution in [0.4, 0.5) is 4.79 Å². The van der Waals surface area contributed by atoms with Gasteiger partial charge in [-0.25, -0.2) is 4.79 Å². The zero-order chi connectivity index (χ0) is 13.5. The zero-order valence-electron chi connectivity index (χ0n) is 9.83. The van der Waals surface area contributed by atoms with Gasteiger partial charge in [0.1, 0.15) is 5.75 Å². The summed E-state index contributed by atoms with van der Waals surface area (Å²) in [5.41, 5.74) is 5.55. The lowest BCUT2D eigenvalue weighted by Gasteiger charge is -2.10. The molecule has 0 spiro atoms. The number of methoxy groups -OCH3 is 1. The normalized spacial score (nSPS) is 9.89. The summed E-state index contributed by atoms with van der Waals surface area (Å²) in [6.45, 7) is 0.298. The molecular weight excluding hydrogens is 258 g/mol. The number of hydrogen-bond donors (Lipinski definition) is 3. The molecular formula is C11H14ClN3O3. The Balaban J connectivity index is 2.53. The van der Waals surface area contributed by atoms with Crippen LogP contribution >= 0.6 is 11.6 Å². The summed E-state index contributed by atoms with van der Waals surface area (Å²) in [5, 5.41) is 5.32. The number of rotatable bonds is 5. The number of ether oxygens (including phenoxy) is 1. The van der Waals surface area contributed by atoms with Crippen LogP contribution < -0.4 is 21.1 Å². The van der Waals surface area contributed by atoms with Crippen molar-refractivity contribution in [3.8, 4) is 5.75 Å². The highest BCUT2D eigenvalue weighted by Crippen LogP contribution is 2.25. The molecule has 0 unspecified atom stereocenters. The van der Waals surface area contributed by atoms with Gasteiger partial charge in [0.2, 0.25) is 5.91 Å². The number of urea groups is 1. The molecule has 0 saturated heterocycles. The highest BCUT2D eigenvalue weighted by molar-refractivity contribution is 6.31. The highest BCUT2D eigenvalue weighted by atomic mass is 35.5. The summed E-state index contributed by atoms with van der Waals surface area (Å²) >= 11 is 6.01. The van der Waals surface area contributed by atoms with Crippen LogP contribution in [0.1, 0.15) is 5.56 Å². The van der Waals surface area contributed by atoms with Crippen molar-refractivity contribution >= 4 is 23.5 Å². The predicted molar refractivity (Wildman–Crippen MR) is 67.4 cm³/mol. The van der Waals surface area contributed by atoms with Gasteiger partial charge in [-0.2, -0.15) is 0 Å². The van der Waals surface area contributed by atoms with E-state index in [1.54, 1.807) is 18.2 Å². The third kappa shape index (κ3) is 4.23. The molecule has 1 aromatic carbocycles. The monoisotopic (exact) mass is 271 g/mol. The Morgan fingerprint density at radius 1 is 1.44 bits per heavy atom. The summed E-state index contributed by atoms with van der Waals surface area (Å²) in [7, 11) is 1.54. The number of carbonyl (C=O) groups excluding carboxylic acids is 2. The largest absolute Gasteiger partial charge is 0.496 e. The van der Waals surface area contributed by atoms with Gasteiger partial charge in [0.15, 0.2) is 0 Å². The molecule has 0 aliphatic heterocycles. The second-order valence-corrected chi connectivity index (χ2v) is 3.84. The molecule has 0 aliphatic rings. The fourth-order valence-corrected chi connectivity index (χ4v) is 1.62. The Labute approximate surface area is 109 Å². The number of nitrogens with one attached hydrogen (secondary N) is 2. The van der Waals surface area contributed by atoms with Crippen LogP contribution in [0.2, 0.25) is 5.02 Å². The number of amides is 3. The van der Waals surface area contributed by atoms with Crippen LogP contribution in [-0.2, 0) is 11.3 Å². The molecule has 0 fully saturated rings. The van der Waals surface area contributed by atoms with Crippen LogP contribution in [0.15, 0.2) is 18.2 Å². The first-order valence-corrected chi connectivity index (χ1v) is 5.53. The van der Waals surface area contributed by atoms with E-state index in [1.807, 2.05) is 5.32 Å². The summed E-state index contributed by atoms with van der Waals surface area (Å²) in [6.07, 6.45) is 0. The van der Waals surface area contributed by atoms with Gasteiger partial charge in [-0.3, -0.25) is 10.1 Å². The molecule has 4 N–H and O–H groups in total. The highest BCUT2D eigenvalue weighted by Gasteiger charge is 2.08. The minimum absolute atomic E-state index is 0.0443. The first-order valence-electron chi connectivity index (χ1n) is 5.16. The first-order chi connectivity index (χ1) is 8.54. The van der Waals surface area contributed by atoms with Crippen LogP contribution in [0.3, 0.4) is 0 Å². The molecule has 0 atom stereocenters. The Bertz CT molecular complexity index is 451. The van der Waals surface area contributed by atoms with E-state index in [0.29, 0.717) is 17.3 Å². The predicted octanol–water partition coefficient (Wildman–Crippen LogP) is 0.633. The summed E-state index contributed by atoms with van der Waals surface area (Å²) in [6, 6.07) is 4.39. The summed E-state index contributed by atoms with van der Waals surface area (Å²) < 4.78 is 5.15. The van der Waals surface area contributed by atoms with Gasteiger partial charge in [-0.05, 0) is 12.1 Å². The van der Waals surface area contributed by atoms with Crippen molar-refractivity contribution in [2.24, 2.45) is 5.73 Å². The quantitative estimate of drug-likeness (QED) is 0.732. The summed E-state index contributed by atoms with van der Waals surface area (Å²) in [5.74, 6) is 0.124. The molecule has 6 nitrogen and oxygen atoms in total. The zero-order valence-corrected chi connectivity index (χ0v) is 10.6. The lowest BCUT2D eigenvalue weighted by Crippen LogP contribution is -2.40. The van der Waals surface area contributed by atoms with E-state index in [9.17, 15) is 9.59 Å². The minimum Gasteiger partial charge on any atom is -0.496 e. The summed E-state index contributed by atoms with van der Waals surface area (Å²) in [4.78, 5) is 21.6. The SMILES string of the molecule is COc1cccc(Cl)c1CNCC(=O)NC(N)=O. The van der Waals surface area contributed by atoms with Crippen LogP contribution in [0, 0.1) is 0 Å². The average Bonchev–Trinajstić information content (AvgIpc) is 2.30. The number of primary amides is 1. The van der Waals surface area contributed by atoms with Crippen molar-refractivity contribution in [3.05, 3.63) is 28.8 Å². The van der Waals surface area contributed by atoms with E-state index in [1.165, 1.54) is 7.11 Å². The van der Waals surface area contributed by atoms with Crippen LogP contribution in [-0.4, -0.2) is 25.6 Å². The van der Waals surface area contributed by atoms with E-state index in [-0.39, 0.29) is 6.54 Å². The van der Waals surface area contributed by atoms with E-state index in [0.717, 1.165) is 5.56 Å². The van der Waals surface area contributed by atoms with Gasteiger partial charge in [0.05, 0.1) is 13.7 Å². The van der Waals surface area contributed by atoms with Crippen molar-refractivity contribution in [3.63, 3.8) is 0 Å². The molecule has 0 bridgehead atoms. The third-order valence-corrected chi connectivity index (χ3v) is 2.50. The van der Waals surface area contributed by atoms with Gasteiger partial charge in [0, 0.05) is 17.1 Å². The van der Waals surface area contributed by atoms with Crippen molar-refractivity contribution in [1.82, 2.24) is 10.6 Å². The minimum atomic E-state index is -0.878. The molecule has 0 radical (unpaired) electrons. The molecule has 3 amide bonds. The molecule has 0 saturated carbocycles. The van der Waals surface area contributed by atoms with Crippen molar-refractivity contribution in [2.75, 3.05) is 13.7 Å². The van der Waals surface area contributed by atoms with E-state index < -0.39 is 11.9 Å². The van der Waals surface area contributed by atoms with Crippen LogP contribution in [0.5, 0.6) is 5.75 Å². The fourth-order valence-electron chi connectivity index (χ4n) is 1.38. The van der Waals surface area contributed by atoms with Crippen molar-refractivity contribution in [1.29, 1.82) is 0 Å². The van der Waals surface area contributed by atoms with Gasteiger partial charge < -0.3 is 15.8 Å². The number of nitrogens with two attached hydrogens (primary N) is 1. The number of halogens is 1. The number of carbonyl (C=O) groups is 2. The molecule has 1 rings (SSSR count). The maximum absolute atomic E-state index is 11.1. The van der Waals surface area contributed by atoms with Gasteiger partial charge in [-0.1, -0.05) is 17.7 Å². The molecule has 1 aromatic rings. The van der Waals surface area contributed by atoms with Crippen molar-refractivity contribution in [2.45, 2.75) is 6.54 Å². The Morgan fingerprint density at radius 2 is 2.17 bits per heavy atom. The molecule has 18 heavy (non-hydrogen) atoms. The first kappa shape index (κ1) is 14.3. The third-order valence-electron chi connectivity index (χ3n) is 2.15. The number of benzene rings is 1. The Hall–Kier alpha value is -1.79. The topological polar surface area (TPSA) is 93.4 Å². The number of hydrogen-bond acceptors (Lipinski definition) is 4. The second kappa shape index (κ2) is 6.83. The van der Waals surface area contributed by atoms with Gasteiger partial charge in [0.25, 0.3) is 0 Å². The molecule has 7 heteroatoms. The molecule has 0 aromatic heterocycles. The Morgan fingerprint density at radius 3 is 2.78 bits per heavy atom.